The van der Waals surface area contributed by atoms with Gasteiger partial charge in [-0.3, -0.25) is 4.79 Å². The van der Waals surface area contributed by atoms with Crippen molar-refractivity contribution in [2.75, 3.05) is 0 Å². The van der Waals surface area contributed by atoms with E-state index in [2.05, 4.69) is 10.6 Å². The SMILES string of the molecule is CC(C)C(NC(=O)/C(C#N)=C\NC12CC3CC(CC(C3)C1)C2)C(=O)O. The van der Waals surface area contributed by atoms with Crippen molar-refractivity contribution >= 4 is 11.9 Å². The highest BCUT2D eigenvalue weighted by molar-refractivity contribution is 5.99. The summed E-state index contributed by atoms with van der Waals surface area (Å²) in [7, 11) is 0. The average Bonchev–Trinajstić information content (AvgIpc) is 2.51. The molecule has 4 bridgehead atoms. The molecule has 0 spiro atoms. The van der Waals surface area contributed by atoms with Crippen LogP contribution in [0.3, 0.4) is 0 Å². The molecule has 4 rings (SSSR count). The number of nitriles is 1. The Morgan fingerprint density at radius 2 is 1.68 bits per heavy atom. The van der Waals surface area contributed by atoms with Crippen LogP contribution in [-0.4, -0.2) is 28.6 Å². The number of aliphatic carboxylic acids is 1. The van der Waals surface area contributed by atoms with E-state index in [9.17, 15) is 20.0 Å². The lowest BCUT2D eigenvalue weighted by molar-refractivity contribution is -0.142. The van der Waals surface area contributed by atoms with Crippen LogP contribution < -0.4 is 10.6 Å². The van der Waals surface area contributed by atoms with Crippen molar-refractivity contribution in [2.45, 2.75) is 64.0 Å². The fraction of sp³-hybridized carbons (Fsp3) is 0.737. The smallest absolute Gasteiger partial charge is 0.326 e. The fourth-order valence-electron chi connectivity index (χ4n) is 5.39. The number of amides is 1. The molecule has 0 aromatic rings. The Kier molecular flexibility index (Phi) is 4.77. The van der Waals surface area contributed by atoms with Gasteiger partial charge in [0, 0.05) is 11.7 Å². The Labute approximate surface area is 148 Å². The van der Waals surface area contributed by atoms with Crippen molar-refractivity contribution in [3.8, 4) is 6.07 Å². The molecule has 6 heteroatoms. The first-order chi connectivity index (χ1) is 11.8. The van der Waals surface area contributed by atoms with Gasteiger partial charge in [-0.1, -0.05) is 13.8 Å². The van der Waals surface area contributed by atoms with E-state index in [1.54, 1.807) is 13.8 Å². The zero-order chi connectivity index (χ0) is 18.2. The predicted octanol–water partition coefficient (Wildman–Crippen LogP) is 2.18. The molecule has 4 aliphatic rings. The van der Waals surface area contributed by atoms with Gasteiger partial charge < -0.3 is 15.7 Å². The highest BCUT2D eigenvalue weighted by Gasteiger charge is 2.50. The summed E-state index contributed by atoms with van der Waals surface area (Å²) in [6.07, 6.45) is 8.82. The second-order valence-corrected chi connectivity index (χ2v) is 8.55. The maximum Gasteiger partial charge on any atom is 0.326 e. The zero-order valence-electron chi connectivity index (χ0n) is 14.9. The number of nitrogens with zero attached hydrogens (tertiary/aromatic N) is 1. The minimum absolute atomic E-state index is 0.0153. The second kappa shape index (κ2) is 6.70. The molecule has 0 aromatic carbocycles. The van der Waals surface area contributed by atoms with Gasteiger partial charge in [0.2, 0.25) is 0 Å². The number of carbonyl (C=O) groups is 2. The van der Waals surface area contributed by atoms with Gasteiger partial charge >= 0.3 is 5.97 Å². The minimum atomic E-state index is -1.09. The number of carboxylic acid groups (broad SMARTS) is 1. The molecule has 4 saturated carbocycles. The van der Waals surface area contributed by atoms with Crippen LogP contribution in [0.5, 0.6) is 0 Å². The van der Waals surface area contributed by atoms with Crippen LogP contribution in [0.4, 0.5) is 0 Å². The Hall–Kier alpha value is -2.03. The van der Waals surface area contributed by atoms with E-state index in [1.807, 2.05) is 6.07 Å². The minimum Gasteiger partial charge on any atom is -0.480 e. The standard InChI is InChI=1S/C19H27N3O3/c1-11(2)16(18(24)25)22-17(23)15(9-20)10-21-19-6-12-3-13(7-19)5-14(4-12)8-19/h10-14,16,21H,3-8H2,1-2H3,(H,22,23)(H,24,25)/b15-10-. The van der Waals surface area contributed by atoms with Crippen LogP contribution in [0, 0.1) is 35.0 Å². The molecule has 0 aromatic heterocycles. The molecule has 25 heavy (non-hydrogen) atoms. The summed E-state index contributed by atoms with van der Waals surface area (Å²) in [4.78, 5) is 23.5. The molecule has 0 saturated heterocycles. The molecular weight excluding hydrogens is 318 g/mol. The van der Waals surface area contributed by atoms with Gasteiger partial charge in [0.05, 0.1) is 0 Å². The number of hydrogen-bond acceptors (Lipinski definition) is 4. The normalized spacial score (nSPS) is 34.5. The lowest BCUT2D eigenvalue weighted by Crippen LogP contribution is -2.57. The van der Waals surface area contributed by atoms with E-state index < -0.39 is 17.9 Å². The van der Waals surface area contributed by atoms with Crippen LogP contribution in [-0.2, 0) is 9.59 Å². The van der Waals surface area contributed by atoms with E-state index in [1.165, 1.54) is 25.5 Å². The number of carbonyl (C=O) groups excluding carboxylic acids is 1. The third-order valence-corrected chi connectivity index (χ3v) is 6.15. The van der Waals surface area contributed by atoms with Crippen LogP contribution in [0.15, 0.2) is 11.8 Å². The zero-order valence-corrected chi connectivity index (χ0v) is 14.9. The predicted molar refractivity (Wildman–Crippen MR) is 92.1 cm³/mol. The molecule has 4 aliphatic carbocycles. The fourth-order valence-corrected chi connectivity index (χ4v) is 5.39. The van der Waals surface area contributed by atoms with Gasteiger partial charge in [-0.05, 0) is 62.2 Å². The largest absolute Gasteiger partial charge is 0.480 e. The van der Waals surface area contributed by atoms with E-state index >= 15 is 0 Å². The molecule has 136 valence electrons. The lowest BCUT2D eigenvalue weighted by Gasteiger charge is -2.56. The summed E-state index contributed by atoms with van der Waals surface area (Å²) >= 11 is 0. The number of nitrogens with one attached hydrogen (secondary N) is 2. The molecule has 3 N–H and O–H groups in total. The topological polar surface area (TPSA) is 102 Å². The van der Waals surface area contributed by atoms with Crippen molar-refractivity contribution < 1.29 is 14.7 Å². The van der Waals surface area contributed by atoms with Gasteiger partial charge in [-0.25, -0.2) is 4.79 Å². The quantitative estimate of drug-likeness (QED) is 0.506. The van der Waals surface area contributed by atoms with Gasteiger partial charge in [0.25, 0.3) is 5.91 Å². The van der Waals surface area contributed by atoms with E-state index in [4.69, 9.17) is 0 Å². The molecule has 6 nitrogen and oxygen atoms in total. The first-order valence-electron chi connectivity index (χ1n) is 9.23. The van der Waals surface area contributed by atoms with Crippen molar-refractivity contribution in [1.82, 2.24) is 10.6 Å². The molecule has 1 amide bonds. The summed E-state index contributed by atoms with van der Waals surface area (Å²) in [5.74, 6) is 0.338. The number of rotatable bonds is 6. The van der Waals surface area contributed by atoms with Crippen LogP contribution in [0.1, 0.15) is 52.4 Å². The third kappa shape index (κ3) is 3.65. The summed E-state index contributed by atoms with van der Waals surface area (Å²) in [5.41, 5.74) is -0.0379. The number of hydrogen-bond donors (Lipinski definition) is 3. The Morgan fingerprint density at radius 1 is 1.16 bits per heavy atom. The van der Waals surface area contributed by atoms with Crippen molar-refractivity contribution in [3.63, 3.8) is 0 Å². The summed E-state index contributed by atoms with van der Waals surface area (Å²) < 4.78 is 0. The van der Waals surface area contributed by atoms with E-state index in [0.717, 1.165) is 37.0 Å². The molecule has 0 heterocycles. The Morgan fingerprint density at radius 3 is 2.08 bits per heavy atom. The van der Waals surface area contributed by atoms with E-state index in [-0.39, 0.29) is 17.0 Å². The number of carboxylic acids is 1. The van der Waals surface area contributed by atoms with Crippen LogP contribution >= 0.6 is 0 Å². The molecule has 1 unspecified atom stereocenters. The van der Waals surface area contributed by atoms with Crippen molar-refractivity contribution in [1.29, 1.82) is 5.26 Å². The molecule has 0 aliphatic heterocycles. The first kappa shape index (κ1) is 17.8. The van der Waals surface area contributed by atoms with Gasteiger partial charge in [-0.2, -0.15) is 5.26 Å². The third-order valence-electron chi connectivity index (χ3n) is 6.15. The van der Waals surface area contributed by atoms with Gasteiger partial charge in [-0.15, -0.1) is 0 Å². The highest BCUT2D eigenvalue weighted by Crippen LogP contribution is 2.55. The van der Waals surface area contributed by atoms with Crippen molar-refractivity contribution in [2.24, 2.45) is 23.7 Å². The van der Waals surface area contributed by atoms with E-state index in [0.29, 0.717) is 0 Å². The molecular formula is C19H27N3O3. The Bertz CT molecular complexity index is 597. The molecule has 1 atom stereocenters. The van der Waals surface area contributed by atoms with Crippen LogP contribution in [0.2, 0.25) is 0 Å². The highest BCUT2D eigenvalue weighted by atomic mass is 16.4. The van der Waals surface area contributed by atoms with Gasteiger partial charge in [0.15, 0.2) is 0 Å². The first-order valence-corrected chi connectivity index (χ1v) is 9.23. The van der Waals surface area contributed by atoms with Crippen molar-refractivity contribution in [3.05, 3.63) is 11.8 Å². The monoisotopic (exact) mass is 345 g/mol. The summed E-state index contributed by atoms with van der Waals surface area (Å²) in [6.45, 7) is 3.45. The molecule has 4 fully saturated rings. The Balaban J connectivity index is 1.68. The maximum atomic E-state index is 12.3. The molecule has 0 radical (unpaired) electrons. The van der Waals surface area contributed by atoms with Gasteiger partial charge in [0.1, 0.15) is 17.7 Å². The lowest BCUT2D eigenvalue weighted by atomic mass is 9.53. The van der Waals surface area contributed by atoms with Crippen LogP contribution in [0.25, 0.3) is 0 Å². The summed E-state index contributed by atoms with van der Waals surface area (Å²) in [6, 6.07) is 0.915. The summed E-state index contributed by atoms with van der Waals surface area (Å²) in [5, 5.41) is 24.4. The second-order valence-electron chi connectivity index (χ2n) is 8.55. The maximum absolute atomic E-state index is 12.3. The average molecular weight is 345 g/mol.